The van der Waals surface area contributed by atoms with Crippen LogP contribution in [0.2, 0.25) is 0 Å². The minimum absolute atomic E-state index is 0.0483. The molecule has 0 saturated carbocycles. The summed E-state index contributed by atoms with van der Waals surface area (Å²) in [6, 6.07) is 13.4. The van der Waals surface area contributed by atoms with Crippen molar-refractivity contribution in [3.05, 3.63) is 54.2 Å². The summed E-state index contributed by atoms with van der Waals surface area (Å²) >= 11 is 0. The van der Waals surface area contributed by atoms with E-state index >= 15 is 0 Å². The van der Waals surface area contributed by atoms with Crippen LogP contribution in [0.1, 0.15) is 31.1 Å². The number of carbonyl (C=O) groups excluding carboxylic acids is 2. The zero-order valence-corrected chi connectivity index (χ0v) is 15.2. The highest BCUT2D eigenvalue weighted by Crippen LogP contribution is 2.31. The number of benzene rings is 2. The van der Waals surface area contributed by atoms with Crippen molar-refractivity contribution < 1.29 is 14.1 Å². The van der Waals surface area contributed by atoms with Crippen LogP contribution in [0.5, 0.6) is 0 Å². The maximum absolute atomic E-state index is 12.6. The Balaban J connectivity index is 1.51. The Morgan fingerprint density at radius 1 is 1.26 bits per heavy atom. The number of aryl methyl sites for hydroxylation is 1. The van der Waals surface area contributed by atoms with E-state index in [-0.39, 0.29) is 18.2 Å². The molecule has 27 heavy (non-hydrogen) atoms. The maximum Gasteiger partial charge on any atom is 0.248 e. The molecule has 0 radical (unpaired) electrons. The van der Waals surface area contributed by atoms with Gasteiger partial charge in [0.1, 0.15) is 6.04 Å². The molecule has 2 aromatic carbocycles. The van der Waals surface area contributed by atoms with Gasteiger partial charge in [-0.3, -0.25) is 9.59 Å². The largest absolute Gasteiger partial charge is 0.344 e. The molecular formula is C20H20N4O3. The van der Waals surface area contributed by atoms with E-state index in [0.29, 0.717) is 18.3 Å². The van der Waals surface area contributed by atoms with Gasteiger partial charge in [-0.1, -0.05) is 41.6 Å². The molecule has 0 aliphatic carbocycles. The average Bonchev–Trinajstić information content (AvgIpc) is 3.27. The summed E-state index contributed by atoms with van der Waals surface area (Å²) in [4.78, 5) is 31.1. The molecule has 2 heterocycles. The lowest BCUT2D eigenvalue weighted by atomic mass is 10.1. The van der Waals surface area contributed by atoms with E-state index in [9.17, 15) is 9.59 Å². The van der Waals surface area contributed by atoms with Gasteiger partial charge >= 0.3 is 0 Å². The number of hydrogen-bond acceptors (Lipinski definition) is 5. The molecule has 1 fully saturated rings. The lowest BCUT2D eigenvalue weighted by Crippen LogP contribution is -2.34. The van der Waals surface area contributed by atoms with Crippen molar-refractivity contribution in [1.82, 2.24) is 15.5 Å². The highest BCUT2D eigenvalue weighted by atomic mass is 16.5. The Kier molecular flexibility index (Phi) is 4.35. The van der Waals surface area contributed by atoms with Crippen LogP contribution in [0, 0.1) is 12.8 Å². The summed E-state index contributed by atoms with van der Waals surface area (Å²) in [6.45, 7) is 3.86. The fourth-order valence-electron chi connectivity index (χ4n) is 3.44. The highest BCUT2D eigenvalue weighted by Gasteiger charge is 2.36. The van der Waals surface area contributed by atoms with Crippen molar-refractivity contribution in [2.24, 2.45) is 5.92 Å². The van der Waals surface area contributed by atoms with Gasteiger partial charge in [0.15, 0.2) is 5.82 Å². The van der Waals surface area contributed by atoms with Crippen LogP contribution in [0.15, 0.2) is 47.0 Å². The summed E-state index contributed by atoms with van der Waals surface area (Å²) in [6.07, 6.45) is 0.185. The number of anilines is 1. The van der Waals surface area contributed by atoms with Crippen molar-refractivity contribution in [3.8, 4) is 0 Å². The fourth-order valence-corrected chi connectivity index (χ4v) is 3.44. The molecule has 2 amide bonds. The Morgan fingerprint density at radius 3 is 2.81 bits per heavy atom. The van der Waals surface area contributed by atoms with E-state index in [1.807, 2.05) is 42.5 Å². The molecule has 7 heteroatoms. The fraction of sp³-hybridized carbons (Fsp3) is 0.300. The number of rotatable bonds is 4. The first-order valence-corrected chi connectivity index (χ1v) is 8.91. The van der Waals surface area contributed by atoms with Crippen LogP contribution in [-0.2, 0) is 9.59 Å². The Morgan fingerprint density at radius 2 is 2.04 bits per heavy atom. The molecule has 0 unspecified atom stereocenters. The number of nitrogens with one attached hydrogen (secondary N) is 1. The smallest absolute Gasteiger partial charge is 0.248 e. The quantitative estimate of drug-likeness (QED) is 0.769. The SMILES string of the molecule is Cc1noc([C@@H](C)NC(=O)[C@@H]2CC(=O)N(c3cccc4ccccc34)C2)n1. The van der Waals surface area contributed by atoms with Gasteiger partial charge in [-0.2, -0.15) is 4.98 Å². The predicted octanol–water partition coefficient (Wildman–Crippen LogP) is 2.76. The third-order valence-electron chi connectivity index (χ3n) is 4.83. The van der Waals surface area contributed by atoms with E-state index in [0.717, 1.165) is 16.5 Å². The molecule has 1 aliphatic heterocycles. The second-order valence-corrected chi connectivity index (χ2v) is 6.81. The lowest BCUT2D eigenvalue weighted by molar-refractivity contribution is -0.127. The molecule has 0 spiro atoms. The first-order valence-electron chi connectivity index (χ1n) is 8.91. The lowest BCUT2D eigenvalue weighted by Gasteiger charge is -2.19. The van der Waals surface area contributed by atoms with Crippen LogP contribution in [0.4, 0.5) is 5.69 Å². The number of aromatic nitrogens is 2. The van der Waals surface area contributed by atoms with Gasteiger partial charge in [-0.15, -0.1) is 0 Å². The molecule has 1 aliphatic rings. The van der Waals surface area contributed by atoms with Crippen molar-refractivity contribution >= 4 is 28.3 Å². The molecule has 3 aromatic rings. The summed E-state index contributed by atoms with van der Waals surface area (Å²) in [5, 5.41) is 8.67. The molecule has 1 saturated heterocycles. The van der Waals surface area contributed by atoms with Crippen molar-refractivity contribution in [1.29, 1.82) is 0 Å². The van der Waals surface area contributed by atoms with Gasteiger partial charge in [-0.05, 0) is 25.3 Å². The highest BCUT2D eigenvalue weighted by molar-refractivity contribution is 6.07. The minimum atomic E-state index is -0.414. The topological polar surface area (TPSA) is 88.3 Å². The van der Waals surface area contributed by atoms with Gasteiger partial charge in [0.2, 0.25) is 17.7 Å². The van der Waals surface area contributed by atoms with Crippen LogP contribution in [-0.4, -0.2) is 28.5 Å². The van der Waals surface area contributed by atoms with Gasteiger partial charge in [-0.25, -0.2) is 0 Å². The number of hydrogen-bond donors (Lipinski definition) is 1. The maximum atomic E-state index is 12.6. The molecule has 0 bridgehead atoms. The van der Waals surface area contributed by atoms with E-state index in [4.69, 9.17) is 4.52 Å². The predicted molar refractivity (Wildman–Crippen MR) is 100 cm³/mol. The standard InChI is InChI=1S/C20H20N4O3/c1-12(20-22-13(2)23-27-20)21-19(26)15-10-18(25)24(11-15)17-9-5-7-14-6-3-4-8-16(14)17/h3-9,12,15H,10-11H2,1-2H3,(H,21,26)/t12-,15-/m1/s1. The number of amides is 2. The third-order valence-corrected chi connectivity index (χ3v) is 4.83. The second-order valence-electron chi connectivity index (χ2n) is 6.81. The second kappa shape index (κ2) is 6.83. The van der Waals surface area contributed by atoms with Crippen molar-refractivity contribution in [2.45, 2.75) is 26.3 Å². The van der Waals surface area contributed by atoms with Crippen molar-refractivity contribution in [3.63, 3.8) is 0 Å². The monoisotopic (exact) mass is 364 g/mol. The summed E-state index contributed by atoms with van der Waals surface area (Å²) in [5.41, 5.74) is 0.842. The van der Waals surface area contributed by atoms with Crippen LogP contribution < -0.4 is 10.2 Å². The molecule has 7 nitrogen and oxygen atoms in total. The summed E-state index contributed by atoms with van der Waals surface area (Å²) < 4.78 is 5.10. The molecule has 1 aromatic heterocycles. The number of fused-ring (bicyclic) bond motifs is 1. The molecular weight excluding hydrogens is 344 g/mol. The first kappa shape index (κ1) is 17.2. The Hall–Kier alpha value is -3.22. The molecule has 2 atom stereocenters. The normalized spacial score (nSPS) is 18.1. The number of carbonyl (C=O) groups is 2. The third kappa shape index (κ3) is 3.28. The Labute approximate surface area is 156 Å². The van der Waals surface area contributed by atoms with E-state index < -0.39 is 12.0 Å². The molecule has 4 rings (SSSR count). The van der Waals surface area contributed by atoms with E-state index in [2.05, 4.69) is 15.5 Å². The minimum Gasteiger partial charge on any atom is -0.344 e. The first-order chi connectivity index (χ1) is 13.0. The van der Waals surface area contributed by atoms with Crippen LogP contribution in [0.25, 0.3) is 10.8 Å². The average molecular weight is 364 g/mol. The zero-order valence-electron chi connectivity index (χ0n) is 15.2. The van der Waals surface area contributed by atoms with E-state index in [1.54, 1.807) is 18.7 Å². The van der Waals surface area contributed by atoms with Gasteiger partial charge in [0, 0.05) is 18.4 Å². The summed E-state index contributed by atoms with van der Waals surface area (Å²) in [7, 11) is 0. The Bertz CT molecular complexity index is 1010. The summed E-state index contributed by atoms with van der Waals surface area (Å²) in [5.74, 6) is 0.227. The van der Waals surface area contributed by atoms with Crippen LogP contribution in [0.3, 0.4) is 0 Å². The zero-order chi connectivity index (χ0) is 19.0. The van der Waals surface area contributed by atoms with Crippen molar-refractivity contribution in [2.75, 3.05) is 11.4 Å². The van der Waals surface area contributed by atoms with Crippen LogP contribution >= 0.6 is 0 Å². The van der Waals surface area contributed by atoms with Gasteiger partial charge < -0.3 is 14.7 Å². The molecule has 1 N–H and O–H groups in total. The van der Waals surface area contributed by atoms with Gasteiger partial charge in [0.25, 0.3) is 0 Å². The number of nitrogens with zero attached hydrogens (tertiary/aromatic N) is 3. The van der Waals surface area contributed by atoms with E-state index in [1.165, 1.54) is 0 Å². The molecule has 138 valence electrons. The van der Waals surface area contributed by atoms with Gasteiger partial charge in [0.05, 0.1) is 11.6 Å².